The van der Waals surface area contributed by atoms with Crippen molar-refractivity contribution >= 4 is 34.4 Å². The lowest BCUT2D eigenvalue weighted by molar-refractivity contribution is 0.629. The van der Waals surface area contributed by atoms with E-state index < -0.39 is 5.82 Å². The fourth-order valence-electron chi connectivity index (χ4n) is 2.27. The van der Waals surface area contributed by atoms with Gasteiger partial charge in [0, 0.05) is 12.7 Å². The van der Waals surface area contributed by atoms with Gasteiger partial charge in [0.15, 0.2) is 5.82 Å². The highest BCUT2D eigenvalue weighted by molar-refractivity contribution is 6.33. The Morgan fingerprint density at radius 2 is 1.55 bits per heavy atom. The van der Waals surface area contributed by atoms with Gasteiger partial charge in [0.1, 0.15) is 10.7 Å². The monoisotopic (exact) mass is 293 g/mol. The predicted molar refractivity (Wildman–Crippen MR) is 84.2 cm³/mol. The van der Waals surface area contributed by atoms with Gasteiger partial charge in [-0.15, -0.1) is 0 Å². The number of nitrogens with two attached hydrogens (primary N) is 2. The summed E-state index contributed by atoms with van der Waals surface area (Å²) in [6, 6.07) is 7.43. The number of nitrogen functional groups attached to an aromatic ring is 2. The average molecular weight is 294 g/mol. The van der Waals surface area contributed by atoms with Crippen molar-refractivity contribution in [3.8, 4) is 0 Å². The van der Waals surface area contributed by atoms with Gasteiger partial charge < -0.3 is 16.4 Å². The summed E-state index contributed by atoms with van der Waals surface area (Å²) in [4.78, 5) is 1.68. The van der Waals surface area contributed by atoms with Crippen LogP contribution in [0.4, 0.5) is 27.1 Å². The third-order valence-corrected chi connectivity index (χ3v) is 3.55. The van der Waals surface area contributed by atoms with E-state index in [0.717, 1.165) is 16.8 Å². The zero-order valence-electron chi connectivity index (χ0n) is 11.7. The van der Waals surface area contributed by atoms with Gasteiger partial charge in [0.2, 0.25) is 0 Å². The van der Waals surface area contributed by atoms with Crippen LogP contribution in [0.3, 0.4) is 0 Å². The molecule has 0 bridgehead atoms. The molecular weight excluding hydrogens is 277 g/mol. The number of rotatable bonds is 2. The molecule has 0 aliphatic heterocycles. The third-order valence-electron chi connectivity index (χ3n) is 3.17. The fraction of sp³-hybridized carbons (Fsp3) is 0.200. The normalized spacial score (nSPS) is 10.7. The molecule has 0 aliphatic rings. The first kappa shape index (κ1) is 14.5. The van der Waals surface area contributed by atoms with Crippen molar-refractivity contribution in [3.05, 3.63) is 46.2 Å². The number of benzene rings is 2. The minimum Gasteiger partial charge on any atom is -0.397 e. The van der Waals surface area contributed by atoms with E-state index in [1.165, 1.54) is 6.07 Å². The summed E-state index contributed by atoms with van der Waals surface area (Å²) < 4.78 is 14.3. The SMILES string of the molecule is Cc1cc(C)cc(N(C)c2c(N)cc(N)c(Cl)c2F)c1. The van der Waals surface area contributed by atoms with E-state index in [0.29, 0.717) is 0 Å². The number of nitrogens with zero attached hydrogens (tertiary/aromatic N) is 1. The van der Waals surface area contributed by atoms with Crippen LogP contribution in [-0.4, -0.2) is 7.05 Å². The van der Waals surface area contributed by atoms with Gasteiger partial charge in [0.25, 0.3) is 0 Å². The molecule has 5 heteroatoms. The second kappa shape index (κ2) is 5.21. The standard InChI is InChI=1S/C15H17ClFN3/c1-8-4-9(2)6-10(5-8)20(3)15-12(19)7-11(18)13(16)14(15)17/h4-7H,18-19H2,1-3H3. The number of halogens is 2. The van der Waals surface area contributed by atoms with Crippen LogP contribution in [-0.2, 0) is 0 Å². The highest BCUT2D eigenvalue weighted by atomic mass is 35.5. The predicted octanol–water partition coefficient (Wildman–Crippen LogP) is 4.03. The Kier molecular flexibility index (Phi) is 3.77. The second-order valence-electron chi connectivity index (χ2n) is 4.94. The molecule has 0 atom stereocenters. The Morgan fingerprint density at radius 3 is 2.10 bits per heavy atom. The van der Waals surface area contributed by atoms with Crippen molar-refractivity contribution in [1.82, 2.24) is 0 Å². The van der Waals surface area contributed by atoms with Crippen molar-refractivity contribution in [2.75, 3.05) is 23.4 Å². The van der Waals surface area contributed by atoms with Gasteiger partial charge >= 0.3 is 0 Å². The maximum atomic E-state index is 14.3. The number of hydrogen-bond acceptors (Lipinski definition) is 3. The van der Waals surface area contributed by atoms with Crippen LogP contribution >= 0.6 is 11.6 Å². The number of aryl methyl sites for hydroxylation is 2. The molecule has 0 fully saturated rings. The minimum atomic E-state index is -0.606. The first-order valence-corrected chi connectivity index (χ1v) is 6.54. The lowest BCUT2D eigenvalue weighted by atomic mass is 10.1. The molecule has 0 radical (unpaired) electrons. The summed E-state index contributed by atoms with van der Waals surface area (Å²) in [5.41, 5.74) is 15.1. The molecule has 3 nitrogen and oxygen atoms in total. The van der Waals surface area contributed by atoms with Crippen LogP contribution in [0.2, 0.25) is 5.02 Å². The summed E-state index contributed by atoms with van der Waals surface area (Å²) in [5.74, 6) is -0.606. The summed E-state index contributed by atoms with van der Waals surface area (Å²) in [6.07, 6.45) is 0. The zero-order valence-corrected chi connectivity index (χ0v) is 12.4. The van der Waals surface area contributed by atoms with Gasteiger partial charge in [-0.2, -0.15) is 0 Å². The second-order valence-corrected chi connectivity index (χ2v) is 5.31. The number of anilines is 4. The van der Waals surface area contributed by atoms with Gasteiger partial charge in [-0.05, 0) is 43.2 Å². The van der Waals surface area contributed by atoms with Gasteiger partial charge in [-0.25, -0.2) is 4.39 Å². The van der Waals surface area contributed by atoms with Gasteiger partial charge in [-0.1, -0.05) is 17.7 Å². The van der Waals surface area contributed by atoms with E-state index in [1.54, 1.807) is 11.9 Å². The molecule has 106 valence electrons. The van der Waals surface area contributed by atoms with Crippen molar-refractivity contribution < 1.29 is 4.39 Å². The maximum absolute atomic E-state index is 14.3. The molecule has 0 aromatic heterocycles. The summed E-state index contributed by atoms with van der Waals surface area (Å²) in [5, 5.41) is -0.106. The third kappa shape index (κ3) is 2.51. The summed E-state index contributed by atoms with van der Waals surface area (Å²) in [7, 11) is 1.75. The maximum Gasteiger partial charge on any atom is 0.169 e. The minimum absolute atomic E-state index is 0.106. The van der Waals surface area contributed by atoms with E-state index in [1.807, 2.05) is 32.0 Å². The van der Waals surface area contributed by atoms with Crippen LogP contribution in [0.15, 0.2) is 24.3 Å². The molecule has 2 aromatic rings. The molecule has 0 saturated carbocycles. The van der Waals surface area contributed by atoms with E-state index in [2.05, 4.69) is 0 Å². The Hall–Kier alpha value is -1.94. The molecular formula is C15H17ClFN3. The van der Waals surface area contributed by atoms with Crippen molar-refractivity contribution in [3.63, 3.8) is 0 Å². The van der Waals surface area contributed by atoms with Crippen LogP contribution < -0.4 is 16.4 Å². The Morgan fingerprint density at radius 1 is 1.00 bits per heavy atom. The average Bonchev–Trinajstić information content (AvgIpc) is 2.34. The van der Waals surface area contributed by atoms with Crippen molar-refractivity contribution in [2.45, 2.75) is 13.8 Å². The van der Waals surface area contributed by atoms with Crippen molar-refractivity contribution in [2.24, 2.45) is 0 Å². The molecule has 0 aliphatic carbocycles. The first-order valence-electron chi connectivity index (χ1n) is 6.16. The molecule has 2 rings (SSSR count). The van der Waals surface area contributed by atoms with Crippen LogP contribution in [0.25, 0.3) is 0 Å². The van der Waals surface area contributed by atoms with E-state index in [4.69, 9.17) is 23.1 Å². The lowest BCUT2D eigenvalue weighted by Gasteiger charge is -2.23. The van der Waals surface area contributed by atoms with Crippen LogP contribution in [0.1, 0.15) is 11.1 Å². The van der Waals surface area contributed by atoms with E-state index in [9.17, 15) is 4.39 Å². The molecule has 0 amide bonds. The van der Waals surface area contributed by atoms with Gasteiger partial charge in [0.05, 0.1) is 11.4 Å². The molecule has 4 N–H and O–H groups in total. The van der Waals surface area contributed by atoms with E-state index >= 15 is 0 Å². The molecule has 0 unspecified atom stereocenters. The quantitative estimate of drug-likeness (QED) is 0.822. The van der Waals surface area contributed by atoms with Crippen molar-refractivity contribution in [1.29, 1.82) is 0 Å². The lowest BCUT2D eigenvalue weighted by Crippen LogP contribution is -2.15. The molecule has 0 spiro atoms. The number of hydrogen-bond donors (Lipinski definition) is 2. The van der Waals surface area contributed by atoms with Crippen LogP contribution in [0, 0.1) is 19.7 Å². The largest absolute Gasteiger partial charge is 0.397 e. The molecule has 2 aromatic carbocycles. The molecule has 0 saturated heterocycles. The smallest absolute Gasteiger partial charge is 0.169 e. The summed E-state index contributed by atoms with van der Waals surface area (Å²) >= 11 is 5.87. The topological polar surface area (TPSA) is 55.3 Å². The summed E-state index contributed by atoms with van der Waals surface area (Å²) in [6.45, 7) is 3.97. The Bertz CT molecular complexity index is 650. The van der Waals surface area contributed by atoms with Gasteiger partial charge in [-0.3, -0.25) is 0 Å². The van der Waals surface area contributed by atoms with E-state index in [-0.39, 0.29) is 22.1 Å². The highest BCUT2D eigenvalue weighted by Gasteiger charge is 2.19. The zero-order chi connectivity index (χ0) is 15.0. The Balaban J connectivity index is 2.59. The Labute approximate surface area is 122 Å². The fourth-order valence-corrected chi connectivity index (χ4v) is 2.41. The molecule has 0 heterocycles. The highest BCUT2D eigenvalue weighted by Crippen LogP contribution is 2.38. The first-order chi connectivity index (χ1) is 9.31. The van der Waals surface area contributed by atoms with Crippen LogP contribution in [0.5, 0.6) is 0 Å². The molecule has 20 heavy (non-hydrogen) atoms.